The summed E-state index contributed by atoms with van der Waals surface area (Å²) in [4.78, 5) is 0. The molecule has 5 heteroatoms. The van der Waals surface area contributed by atoms with Crippen LogP contribution in [0.3, 0.4) is 0 Å². The van der Waals surface area contributed by atoms with E-state index in [9.17, 15) is 0 Å². The molecule has 2 rings (SSSR count). The van der Waals surface area contributed by atoms with Crippen LogP contribution in [0.2, 0.25) is 0 Å². The normalized spacial score (nSPS) is 12.6. The number of halogens is 2. The summed E-state index contributed by atoms with van der Waals surface area (Å²) in [5, 5.41) is 4.36. The van der Waals surface area contributed by atoms with E-state index in [4.69, 9.17) is 5.73 Å². The van der Waals surface area contributed by atoms with Crippen LogP contribution in [0, 0.1) is 0 Å². The van der Waals surface area contributed by atoms with E-state index in [0.29, 0.717) is 0 Å². The Morgan fingerprint density at radius 2 is 1.95 bits per heavy atom. The van der Waals surface area contributed by atoms with Crippen molar-refractivity contribution in [1.82, 2.24) is 9.78 Å². The van der Waals surface area contributed by atoms with Crippen LogP contribution in [-0.4, -0.2) is 9.78 Å². The van der Waals surface area contributed by atoms with E-state index in [1.807, 2.05) is 23.0 Å². The van der Waals surface area contributed by atoms with Crippen molar-refractivity contribution in [1.29, 1.82) is 0 Å². The van der Waals surface area contributed by atoms with E-state index >= 15 is 0 Å². The first-order valence-corrected chi connectivity index (χ1v) is 7.91. The Hall–Kier alpha value is -0.650. The number of nitrogens with zero attached hydrogens (tertiary/aromatic N) is 2. The molecule has 0 amide bonds. The third-order valence-corrected chi connectivity index (χ3v) is 4.13. The second-order valence-corrected chi connectivity index (χ2v) is 6.31. The molecule has 1 heterocycles. The maximum absolute atomic E-state index is 6.34. The summed E-state index contributed by atoms with van der Waals surface area (Å²) in [6.45, 7) is 3.04. The highest BCUT2D eigenvalue weighted by Gasteiger charge is 2.16. The Bertz CT molecular complexity index is 534. The average Bonchev–Trinajstić information content (AvgIpc) is 2.74. The fourth-order valence-electron chi connectivity index (χ4n) is 2.10. The van der Waals surface area contributed by atoms with Gasteiger partial charge in [-0.05, 0) is 46.5 Å². The van der Waals surface area contributed by atoms with Gasteiger partial charge in [-0.15, -0.1) is 0 Å². The maximum Gasteiger partial charge on any atom is 0.0696 e. The van der Waals surface area contributed by atoms with Gasteiger partial charge in [0.1, 0.15) is 0 Å². The first-order valence-electron chi connectivity index (χ1n) is 6.33. The minimum Gasteiger partial charge on any atom is -0.322 e. The molecule has 102 valence electrons. The summed E-state index contributed by atoms with van der Waals surface area (Å²) < 4.78 is 4.07. The molecule has 2 N–H and O–H groups in total. The number of hydrogen-bond donors (Lipinski definition) is 1. The van der Waals surface area contributed by atoms with E-state index < -0.39 is 0 Å². The van der Waals surface area contributed by atoms with Gasteiger partial charge in [-0.3, -0.25) is 4.68 Å². The summed E-state index contributed by atoms with van der Waals surface area (Å²) in [6.07, 6.45) is 3.68. The largest absolute Gasteiger partial charge is 0.322 e. The fraction of sp³-hybridized carbons (Fsp3) is 0.357. The van der Waals surface area contributed by atoms with Crippen molar-refractivity contribution in [2.75, 3.05) is 0 Å². The molecule has 0 aliphatic rings. The Kier molecular flexibility index (Phi) is 5.19. The quantitative estimate of drug-likeness (QED) is 0.841. The lowest BCUT2D eigenvalue weighted by atomic mass is 10.0. The first kappa shape index (κ1) is 14.8. The molecule has 0 saturated carbocycles. The third-order valence-electron chi connectivity index (χ3n) is 2.99. The maximum atomic E-state index is 6.34. The Morgan fingerprint density at radius 1 is 1.26 bits per heavy atom. The predicted molar refractivity (Wildman–Crippen MR) is 85.0 cm³/mol. The first-order chi connectivity index (χ1) is 9.11. The van der Waals surface area contributed by atoms with Gasteiger partial charge in [-0.1, -0.05) is 35.0 Å². The average molecular weight is 387 g/mol. The molecule has 2 aromatic rings. The lowest BCUT2D eigenvalue weighted by Gasteiger charge is -2.15. The number of benzene rings is 1. The zero-order valence-corrected chi connectivity index (χ0v) is 14.0. The van der Waals surface area contributed by atoms with Gasteiger partial charge in [-0.2, -0.15) is 5.10 Å². The minimum atomic E-state index is -0.0513. The summed E-state index contributed by atoms with van der Waals surface area (Å²) in [7, 11) is 0. The van der Waals surface area contributed by atoms with Gasteiger partial charge in [0, 0.05) is 11.0 Å². The van der Waals surface area contributed by atoms with Crippen LogP contribution in [0.5, 0.6) is 0 Å². The van der Waals surface area contributed by atoms with Crippen LogP contribution in [0.25, 0.3) is 0 Å². The van der Waals surface area contributed by atoms with Crippen molar-refractivity contribution >= 4 is 31.9 Å². The van der Waals surface area contributed by atoms with Crippen molar-refractivity contribution in [3.63, 3.8) is 0 Å². The Morgan fingerprint density at radius 3 is 2.58 bits per heavy atom. The third kappa shape index (κ3) is 3.68. The van der Waals surface area contributed by atoms with Gasteiger partial charge in [0.15, 0.2) is 0 Å². The highest BCUT2D eigenvalue weighted by atomic mass is 79.9. The zero-order valence-electron chi connectivity index (χ0n) is 10.8. The molecule has 1 aromatic carbocycles. The van der Waals surface area contributed by atoms with Crippen LogP contribution in [0.15, 0.2) is 39.4 Å². The zero-order chi connectivity index (χ0) is 13.8. The second kappa shape index (κ2) is 6.68. The monoisotopic (exact) mass is 385 g/mol. The van der Waals surface area contributed by atoms with Crippen LogP contribution in [0.1, 0.15) is 30.6 Å². The lowest BCUT2D eigenvalue weighted by Crippen LogP contribution is -2.19. The smallest absolute Gasteiger partial charge is 0.0696 e. The van der Waals surface area contributed by atoms with Crippen molar-refractivity contribution in [3.05, 3.63) is 50.7 Å². The molecule has 19 heavy (non-hydrogen) atoms. The highest BCUT2D eigenvalue weighted by Crippen LogP contribution is 2.25. The SMILES string of the molecule is CCCn1ncc(Br)c1C(N)Cc1ccc(Br)cc1. The van der Waals surface area contributed by atoms with E-state index in [1.54, 1.807) is 0 Å². The van der Waals surface area contributed by atoms with Gasteiger partial charge in [0.05, 0.1) is 22.4 Å². The van der Waals surface area contributed by atoms with E-state index in [0.717, 1.165) is 34.0 Å². The van der Waals surface area contributed by atoms with Crippen molar-refractivity contribution < 1.29 is 0 Å². The van der Waals surface area contributed by atoms with Gasteiger partial charge < -0.3 is 5.73 Å². The topological polar surface area (TPSA) is 43.8 Å². The molecule has 1 aromatic heterocycles. The lowest BCUT2D eigenvalue weighted by molar-refractivity contribution is 0.536. The molecular formula is C14H17Br2N3. The van der Waals surface area contributed by atoms with Crippen molar-refractivity contribution in [2.24, 2.45) is 5.73 Å². The molecule has 1 unspecified atom stereocenters. The van der Waals surface area contributed by atoms with Crippen LogP contribution in [0.4, 0.5) is 0 Å². The fourth-order valence-corrected chi connectivity index (χ4v) is 2.96. The van der Waals surface area contributed by atoms with Crippen molar-refractivity contribution in [3.8, 4) is 0 Å². The molecule has 0 fully saturated rings. The Balaban J connectivity index is 2.17. The van der Waals surface area contributed by atoms with Gasteiger partial charge >= 0.3 is 0 Å². The summed E-state index contributed by atoms with van der Waals surface area (Å²) in [6, 6.07) is 8.22. The molecule has 0 bridgehead atoms. The molecular weight excluding hydrogens is 370 g/mol. The molecule has 0 radical (unpaired) electrons. The van der Waals surface area contributed by atoms with Gasteiger partial charge in [0.2, 0.25) is 0 Å². The van der Waals surface area contributed by atoms with Crippen molar-refractivity contribution in [2.45, 2.75) is 32.4 Å². The van der Waals surface area contributed by atoms with E-state index in [-0.39, 0.29) is 6.04 Å². The van der Waals surface area contributed by atoms with Crippen LogP contribution >= 0.6 is 31.9 Å². The van der Waals surface area contributed by atoms with Gasteiger partial charge in [0.25, 0.3) is 0 Å². The number of rotatable bonds is 5. The highest BCUT2D eigenvalue weighted by molar-refractivity contribution is 9.10. The number of aryl methyl sites for hydroxylation is 1. The van der Waals surface area contributed by atoms with Crippen LogP contribution < -0.4 is 5.73 Å². The van der Waals surface area contributed by atoms with Gasteiger partial charge in [-0.25, -0.2) is 0 Å². The standard InChI is InChI=1S/C14H17Br2N3/c1-2-7-19-14(12(16)9-18-19)13(17)8-10-3-5-11(15)6-4-10/h3-6,9,13H,2,7-8,17H2,1H3. The molecule has 0 saturated heterocycles. The molecule has 0 aliphatic carbocycles. The molecule has 0 spiro atoms. The molecule has 3 nitrogen and oxygen atoms in total. The van der Waals surface area contributed by atoms with E-state index in [2.05, 4.69) is 56.0 Å². The predicted octanol–water partition coefficient (Wildman–Crippen LogP) is 4.06. The second-order valence-electron chi connectivity index (χ2n) is 4.54. The number of hydrogen-bond acceptors (Lipinski definition) is 2. The number of nitrogens with two attached hydrogens (primary N) is 1. The van der Waals surface area contributed by atoms with E-state index in [1.165, 1.54) is 5.56 Å². The molecule has 0 aliphatic heterocycles. The van der Waals surface area contributed by atoms with Crippen LogP contribution in [-0.2, 0) is 13.0 Å². The minimum absolute atomic E-state index is 0.0513. The summed E-state index contributed by atoms with van der Waals surface area (Å²) in [5.74, 6) is 0. The number of aromatic nitrogens is 2. The summed E-state index contributed by atoms with van der Waals surface area (Å²) in [5.41, 5.74) is 8.64. The summed E-state index contributed by atoms with van der Waals surface area (Å²) >= 11 is 6.98. The molecule has 1 atom stereocenters. The Labute approximate surface area is 130 Å².